The van der Waals surface area contributed by atoms with Crippen molar-refractivity contribution in [2.75, 3.05) is 13.7 Å². The van der Waals surface area contributed by atoms with E-state index in [2.05, 4.69) is 33.9 Å². The third-order valence-electron chi connectivity index (χ3n) is 13.8. The molecule has 9 rings (SSSR count). The van der Waals surface area contributed by atoms with Crippen LogP contribution in [0.4, 0.5) is 0 Å². The first kappa shape index (κ1) is 38.6. The van der Waals surface area contributed by atoms with Gasteiger partial charge >= 0.3 is 0 Å². The topological polar surface area (TPSA) is 146 Å². The smallest absolute Gasteiger partial charge is 0.172 e. The molecule has 298 valence electrons. The fourth-order valence-electron chi connectivity index (χ4n) is 10.8. The lowest BCUT2D eigenvalue weighted by molar-refractivity contribution is -0.292. The van der Waals surface area contributed by atoms with Crippen molar-refractivity contribution >= 4 is 5.78 Å². The second-order valence-corrected chi connectivity index (χ2v) is 17.4. The monoisotopic (exact) mass is 745 g/mol. The Morgan fingerprint density at radius 3 is 2.43 bits per heavy atom. The second-order valence-electron chi connectivity index (χ2n) is 17.4. The number of Topliss-reactive ketones (excluding diaryl/α,β-unsaturated/α-hetero) is 1. The first-order valence-electron chi connectivity index (χ1n) is 20.5. The van der Waals surface area contributed by atoms with Gasteiger partial charge in [-0.2, -0.15) is 0 Å². The zero-order chi connectivity index (χ0) is 37.2. The maximum Gasteiger partial charge on any atom is 0.172 e. The van der Waals surface area contributed by atoms with Gasteiger partial charge < -0.3 is 53.5 Å². The quantitative estimate of drug-likeness (QED) is 0.247. The molecule has 0 radical (unpaired) electrons. The summed E-state index contributed by atoms with van der Waals surface area (Å²) >= 11 is 0. The maximum absolute atomic E-state index is 14.1. The van der Waals surface area contributed by atoms with Crippen molar-refractivity contribution in [3.05, 3.63) is 24.3 Å². The van der Waals surface area contributed by atoms with E-state index in [0.29, 0.717) is 38.0 Å². The molecule has 12 heteroatoms. The molecule has 9 fully saturated rings. The van der Waals surface area contributed by atoms with Crippen molar-refractivity contribution in [1.82, 2.24) is 0 Å². The number of fused-ring (bicyclic) bond motifs is 1. The Bertz CT molecular complexity index is 1360. The molecular formula is C41H63NO11. The van der Waals surface area contributed by atoms with Gasteiger partial charge in [-0.1, -0.05) is 27.0 Å². The van der Waals surface area contributed by atoms with Crippen molar-refractivity contribution in [2.24, 2.45) is 17.6 Å². The van der Waals surface area contributed by atoms with Crippen LogP contribution in [-0.2, 0) is 47.4 Å². The third kappa shape index (κ3) is 7.49. The van der Waals surface area contributed by atoms with Crippen molar-refractivity contribution in [1.29, 1.82) is 0 Å². The number of aliphatic hydroxyl groups is 1. The number of hydrogen-bond acceptors (Lipinski definition) is 12. The molecule has 0 aromatic carbocycles. The lowest BCUT2D eigenvalue weighted by Gasteiger charge is -2.47. The van der Waals surface area contributed by atoms with Gasteiger partial charge in [0.1, 0.15) is 36.3 Å². The summed E-state index contributed by atoms with van der Waals surface area (Å²) in [6, 6.07) is 0. The van der Waals surface area contributed by atoms with E-state index >= 15 is 0 Å². The van der Waals surface area contributed by atoms with Crippen LogP contribution in [-0.4, -0.2) is 128 Å². The van der Waals surface area contributed by atoms with Gasteiger partial charge in [0.25, 0.3) is 0 Å². The third-order valence-corrected chi connectivity index (χ3v) is 13.8. The summed E-state index contributed by atoms with van der Waals surface area (Å²) in [5, 5.41) is 10.5. The number of ether oxygens (including phenoxy) is 9. The lowest BCUT2D eigenvalue weighted by Crippen LogP contribution is -2.61. The van der Waals surface area contributed by atoms with Gasteiger partial charge in [-0.3, -0.25) is 4.79 Å². The second kappa shape index (κ2) is 15.6. The Balaban J connectivity index is 0.931. The van der Waals surface area contributed by atoms with Crippen molar-refractivity contribution in [2.45, 2.75) is 201 Å². The van der Waals surface area contributed by atoms with Crippen LogP contribution in [0.25, 0.3) is 0 Å². The van der Waals surface area contributed by atoms with Crippen molar-refractivity contribution in [3.63, 3.8) is 0 Å². The fourth-order valence-corrected chi connectivity index (χ4v) is 10.8. The van der Waals surface area contributed by atoms with Crippen LogP contribution in [0, 0.1) is 11.8 Å². The minimum Gasteiger partial charge on any atom is -0.392 e. The molecule has 0 aromatic rings. The summed E-state index contributed by atoms with van der Waals surface area (Å²) in [5.74, 6) is -0.545. The highest BCUT2D eigenvalue weighted by Crippen LogP contribution is 2.54. The molecule has 9 aliphatic heterocycles. The van der Waals surface area contributed by atoms with Gasteiger partial charge in [-0.05, 0) is 62.5 Å². The summed E-state index contributed by atoms with van der Waals surface area (Å²) in [6.45, 7) is 15.1. The average Bonchev–Trinajstić information content (AvgIpc) is 3.80. The number of carbonyl (C=O) groups excluding carboxylic acids is 1. The molecule has 53 heavy (non-hydrogen) atoms. The normalized spacial score (nSPS) is 49.4. The Morgan fingerprint density at radius 2 is 1.70 bits per heavy atom. The van der Waals surface area contributed by atoms with Crippen LogP contribution < -0.4 is 5.73 Å². The number of carbonyl (C=O) groups is 1. The zero-order valence-electron chi connectivity index (χ0n) is 32.1. The predicted octanol–water partition coefficient (Wildman–Crippen LogP) is 4.07. The molecule has 9 saturated heterocycles. The number of hydrogen-bond donors (Lipinski definition) is 2. The Morgan fingerprint density at radius 1 is 0.925 bits per heavy atom. The van der Waals surface area contributed by atoms with Crippen LogP contribution in [0.15, 0.2) is 24.3 Å². The predicted molar refractivity (Wildman–Crippen MR) is 193 cm³/mol. The van der Waals surface area contributed by atoms with Gasteiger partial charge in [-0.25, -0.2) is 0 Å². The average molecular weight is 746 g/mol. The lowest BCUT2D eigenvalue weighted by atomic mass is 9.81. The van der Waals surface area contributed by atoms with E-state index in [-0.39, 0.29) is 123 Å². The summed E-state index contributed by atoms with van der Waals surface area (Å²) in [7, 11) is 1.66. The van der Waals surface area contributed by atoms with E-state index in [0.717, 1.165) is 43.3 Å². The first-order chi connectivity index (χ1) is 25.5. The van der Waals surface area contributed by atoms with Gasteiger partial charge in [0.15, 0.2) is 5.79 Å². The molecule has 0 amide bonds. The SMILES string of the molecule is C=C1CC(CCC23CC4OC5C(OC6CCC(CC(=O)CC7C(CC8OC(CC)CC(C)C8=C)OC(CC(O)CN)C7OC)OC6C5O2)C4O3)OC1C. The molecule has 0 spiro atoms. The number of aliphatic hydroxyl groups excluding tert-OH is 1. The van der Waals surface area contributed by atoms with Crippen molar-refractivity contribution in [3.8, 4) is 0 Å². The van der Waals surface area contributed by atoms with E-state index in [9.17, 15) is 9.90 Å². The van der Waals surface area contributed by atoms with E-state index in [1.807, 2.05) is 0 Å². The van der Waals surface area contributed by atoms with Gasteiger partial charge in [0.2, 0.25) is 0 Å². The van der Waals surface area contributed by atoms with Gasteiger partial charge in [0, 0.05) is 58.1 Å². The van der Waals surface area contributed by atoms with Gasteiger partial charge in [-0.15, -0.1) is 0 Å². The highest BCUT2D eigenvalue weighted by Gasteiger charge is 2.68. The molecule has 6 bridgehead atoms. The van der Waals surface area contributed by atoms with Crippen molar-refractivity contribution < 1.29 is 52.5 Å². The number of nitrogens with two attached hydrogens (primary N) is 1. The molecule has 0 aromatic heterocycles. The maximum atomic E-state index is 14.1. The molecule has 0 aliphatic carbocycles. The number of methoxy groups -OCH3 is 1. The zero-order valence-corrected chi connectivity index (χ0v) is 32.1. The minimum absolute atomic E-state index is 0.0664. The Hall–Kier alpha value is -1.29. The first-order valence-corrected chi connectivity index (χ1v) is 20.5. The molecule has 3 N–H and O–H groups in total. The van der Waals surface area contributed by atoms with E-state index < -0.39 is 11.9 Å². The van der Waals surface area contributed by atoms with Crippen LogP contribution >= 0.6 is 0 Å². The summed E-state index contributed by atoms with van der Waals surface area (Å²) in [6.07, 6.45) is 4.52. The molecular weight excluding hydrogens is 682 g/mol. The molecule has 19 unspecified atom stereocenters. The van der Waals surface area contributed by atoms with Gasteiger partial charge in [0.05, 0.1) is 67.1 Å². The summed E-state index contributed by atoms with van der Waals surface area (Å²) < 4.78 is 59.0. The molecule has 9 aliphatic rings. The molecule has 19 atom stereocenters. The Labute approximate surface area is 314 Å². The summed E-state index contributed by atoms with van der Waals surface area (Å²) in [5.41, 5.74) is 8.00. The fraction of sp³-hybridized carbons (Fsp3) is 0.878. The minimum atomic E-state index is -0.770. The van der Waals surface area contributed by atoms with Crippen LogP contribution in [0.3, 0.4) is 0 Å². The molecule has 12 nitrogen and oxygen atoms in total. The van der Waals surface area contributed by atoms with Crippen LogP contribution in [0.2, 0.25) is 0 Å². The van der Waals surface area contributed by atoms with E-state index in [1.54, 1.807) is 7.11 Å². The molecule has 9 heterocycles. The highest BCUT2D eigenvalue weighted by molar-refractivity contribution is 5.79. The van der Waals surface area contributed by atoms with E-state index in [4.69, 9.17) is 48.4 Å². The number of ketones is 1. The summed E-state index contributed by atoms with van der Waals surface area (Å²) in [4.78, 5) is 14.1. The number of rotatable bonds is 14. The standard InChI is InChI=1S/C41H63NO11/c1-7-26-12-20(2)22(4)31(47-26)17-32-29(35(45-6)33(49-32)16-25(44)19-42)15-24(43)14-27-8-9-30-36(48-27)40-39-38(50-30)37-34(51-39)18-41(52-37,53-40)11-10-28-13-21(3)23(5)46-28/h20,23,25-40,44H,3-4,7-19,42H2,1-2,5-6H3. The Kier molecular flexibility index (Phi) is 11.3. The van der Waals surface area contributed by atoms with Crippen LogP contribution in [0.1, 0.15) is 97.8 Å². The molecule has 0 saturated carbocycles. The largest absolute Gasteiger partial charge is 0.392 e. The van der Waals surface area contributed by atoms with E-state index in [1.165, 1.54) is 0 Å². The van der Waals surface area contributed by atoms with Crippen LogP contribution in [0.5, 0.6) is 0 Å². The highest BCUT2D eigenvalue weighted by atomic mass is 16.8.